The average molecular weight is 382 g/mol. The highest BCUT2D eigenvalue weighted by atomic mass is 19.4. The van der Waals surface area contributed by atoms with Crippen LogP contribution >= 0.6 is 0 Å². The zero-order valence-corrected chi connectivity index (χ0v) is 14.9. The quantitative estimate of drug-likeness (QED) is 0.615. The van der Waals surface area contributed by atoms with E-state index in [9.17, 15) is 22.8 Å². The Morgan fingerprint density at radius 3 is 2.19 bits per heavy atom. The molecular weight excluding hydrogens is 363 g/mol. The Hall–Kier alpha value is -3.10. The van der Waals surface area contributed by atoms with E-state index in [2.05, 4.69) is 9.72 Å². The number of hydrogen-bond donors (Lipinski definition) is 2. The molecule has 9 heteroatoms. The summed E-state index contributed by atoms with van der Waals surface area (Å²) < 4.78 is 46.2. The summed E-state index contributed by atoms with van der Waals surface area (Å²) in [6.07, 6.45) is -3.80. The van der Waals surface area contributed by atoms with Gasteiger partial charge in [0.15, 0.2) is 0 Å². The molecule has 0 bridgehead atoms. The summed E-state index contributed by atoms with van der Waals surface area (Å²) in [4.78, 5) is 27.2. The number of carbonyl (C=O) groups is 2. The van der Waals surface area contributed by atoms with Crippen molar-refractivity contribution in [2.75, 3.05) is 12.4 Å². The molecule has 0 aliphatic rings. The van der Waals surface area contributed by atoms with Gasteiger partial charge < -0.3 is 4.74 Å². The first-order valence-electron chi connectivity index (χ1n) is 7.90. The molecule has 0 radical (unpaired) electrons. The number of aryl methyl sites for hydroxylation is 2. The number of halogens is 3. The summed E-state index contributed by atoms with van der Waals surface area (Å²) in [5.74, 6) is -2.91. The third kappa shape index (κ3) is 4.36. The Balaban J connectivity index is 2.48. The fraction of sp³-hybridized carbons (Fsp3) is 0.278. The number of aromatic amines is 1. The smallest absolute Gasteiger partial charge is 0.464 e. The summed E-state index contributed by atoms with van der Waals surface area (Å²) in [6.45, 7) is 3.43. The maximum atomic E-state index is 13.9. The van der Waals surface area contributed by atoms with Gasteiger partial charge in [-0.2, -0.15) is 13.2 Å². The summed E-state index contributed by atoms with van der Waals surface area (Å²) in [5.41, 5.74) is -2.04. The highest BCUT2D eigenvalue weighted by Crippen LogP contribution is 2.32. The van der Waals surface area contributed by atoms with Crippen LogP contribution in [0.3, 0.4) is 0 Å². The normalized spacial score (nSPS) is 13.4. The average Bonchev–Trinajstić information content (AvgIpc) is 2.60. The van der Waals surface area contributed by atoms with Gasteiger partial charge in [-0.1, -0.05) is 17.7 Å². The van der Waals surface area contributed by atoms with E-state index >= 15 is 0 Å². The van der Waals surface area contributed by atoms with Crippen molar-refractivity contribution in [2.24, 2.45) is 0 Å². The van der Waals surface area contributed by atoms with Crippen LogP contribution in [0.5, 0.6) is 0 Å². The van der Waals surface area contributed by atoms with Crippen LogP contribution in [0.15, 0.2) is 42.6 Å². The third-order valence-corrected chi connectivity index (χ3v) is 3.81. The molecule has 1 amide bonds. The zero-order valence-electron chi connectivity index (χ0n) is 14.9. The van der Waals surface area contributed by atoms with Gasteiger partial charge in [-0.3, -0.25) is 10.1 Å². The van der Waals surface area contributed by atoms with Crippen molar-refractivity contribution in [2.45, 2.75) is 25.7 Å². The minimum absolute atomic E-state index is 0.0341. The van der Waals surface area contributed by atoms with Crippen molar-refractivity contribution in [1.82, 2.24) is 5.32 Å². The van der Waals surface area contributed by atoms with E-state index in [4.69, 9.17) is 0 Å². The summed E-state index contributed by atoms with van der Waals surface area (Å²) in [5, 5.41) is 3.80. The molecule has 1 aromatic heterocycles. The lowest BCUT2D eigenvalue weighted by Crippen LogP contribution is -2.69. The first-order chi connectivity index (χ1) is 12.6. The van der Waals surface area contributed by atoms with Crippen molar-refractivity contribution in [3.8, 4) is 0 Å². The van der Waals surface area contributed by atoms with Crippen molar-refractivity contribution >= 4 is 17.7 Å². The lowest BCUT2D eigenvalue weighted by molar-refractivity contribution is -0.363. The molecule has 144 valence electrons. The Morgan fingerprint density at radius 2 is 1.67 bits per heavy atom. The zero-order chi connectivity index (χ0) is 20.2. The predicted octanol–water partition coefficient (Wildman–Crippen LogP) is 2.39. The number of pyridine rings is 1. The third-order valence-electron chi connectivity index (χ3n) is 3.81. The summed E-state index contributed by atoms with van der Waals surface area (Å²) >= 11 is 0. The van der Waals surface area contributed by atoms with Gasteiger partial charge in [0, 0.05) is 11.6 Å². The van der Waals surface area contributed by atoms with Gasteiger partial charge in [-0.15, -0.1) is 0 Å². The maximum Gasteiger partial charge on any atom is 0.464 e. The number of H-pyrrole nitrogens is 1. The van der Waals surface area contributed by atoms with Crippen LogP contribution in [0, 0.1) is 13.8 Å². The molecule has 1 atom stereocenters. The molecule has 0 saturated carbocycles. The fourth-order valence-corrected chi connectivity index (χ4v) is 2.35. The van der Waals surface area contributed by atoms with Crippen LogP contribution in [0.2, 0.25) is 0 Å². The van der Waals surface area contributed by atoms with Gasteiger partial charge in [-0.05, 0) is 37.6 Å². The summed E-state index contributed by atoms with van der Waals surface area (Å²) in [7, 11) is 0.808. The fourth-order valence-electron chi connectivity index (χ4n) is 2.35. The highest BCUT2D eigenvalue weighted by molar-refractivity contribution is 5.99. The van der Waals surface area contributed by atoms with Gasteiger partial charge in [0.1, 0.15) is 0 Å². The van der Waals surface area contributed by atoms with E-state index in [1.807, 2.05) is 5.32 Å². The summed E-state index contributed by atoms with van der Waals surface area (Å²) in [6, 6.07) is 8.86. The van der Waals surface area contributed by atoms with Gasteiger partial charge in [0.05, 0.1) is 13.3 Å². The Kier molecular flexibility index (Phi) is 5.72. The molecule has 0 unspecified atom stereocenters. The number of ether oxygens (including phenoxy) is 1. The number of esters is 1. The second kappa shape index (κ2) is 7.65. The number of aromatic nitrogens is 1. The largest absolute Gasteiger partial charge is 0.464 e. The van der Waals surface area contributed by atoms with Gasteiger partial charge in [0.2, 0.25) is 0 Å². The first-order valence-corrected chi connectivity index (χ1v) is 7.90. The van der Waals surface area contributed by atoms with E-state index in [0.29, 0.717) is 5.56 Å². The minimum Gasteiger partial charge on any atom is -0.464 e. The van der Waals surface area contributed by atoms with Crippen molar-refractivity contribution in [3.63, 3.8) is 0 Å². The van der Waals surface area contributed by atoms with Crippen LogP contribution in [-0.4, -0.2) is 30.8 Å². The molecular formula is C18H19F3N3O3+. The Bertz CT molecular complexity index is 838. The van der Waals surface area contributed by atoms with E-state index in [1.54, 1.807) is 37.4 Å². The molecule has 27 heavy (non-hydrogen) atoms. The van der Waals surface area contributed by atoms with E-state index in [-0.39, 0.29) is 11.4 Å². The number of alkyl halides is 3. The van der Waals surface area contributed by atoms with Crippen LogP contribution in [0.1, 0.15) is 21.5 Å². The molecule has 0 fully saturated rings. The lowest BCUT2D eigenvalue weighted by Gasteiger charge is -2.30. The number of rotatable bonds is 5. The molecule has 0 spiro atoms. The topological polar surface area (TPSA) is 81.6 Å². The van der Waals surface area contributed by atoms with Crippen LogP contribution < -0.4 is 15.6 Å². The second-order valence-corrected chi connectivity index (χ2v) is 5.96. The molecule has 0 saturated heterocycles. The molecule has 1 heterocycles. The standard InChI is InChI=1S/C18H18F3N3O3/c1-11-4-6-13(7-5-11)15(25)24-17(16(26)27-3,18(19,20)21)23-14-10-12(2)8-9-22-14/h4-10H,1-3H3,(H,22,23)(H,24,25)/p+1/t17-/m1/s1. The van der Waals surface area contributed by atoms with Crippen molar-refractivity contribution in [3.05, 3.63) is 59.3 Å². The first kappa shape index (κ1) is 20.2. The van der Waals surface area contributed by atoms with Gasteiger partial charge >= 0.3 is 17.8 Å². The molecule has 3 N–H and O–H groups in total. The van der Waals surface area contributed by atoms with Crippen molar-refractivity contribution < 1.29 is 32.5 Å². The highest BCUT2D eigenvalue weighted by Gasteiger charge is 2.67. The van der Waals surface area contributed by atoms with Crippen molar-refractivity contribution in [1.29, 1.82) is 0 Å². The van der Waals surface area contributed by atoms with E-state index in [1.165, 1.54) is 24.4 Å². The molecule has 2 aromatic rings. The number of benzene rings is 1. The van der Waals surface area contributed by atoms with Gasteiger partial charge in [0.25, 0.3) is 11.7 Å². The Morgan fingerprint density at radius 1 is 1.04 bits per heavy atom. The second-order valence-electron chi connectivity index (χ2n) is 5.96. The predicted molar refractivity (Wildman–Crippen MR) is 90.8 cm³/mol. The number of hydrogen-bond acceptors (Lipinski definition) is 4. The number of methoxy groups -OCH3 is 1. The molecule has 1 aromatic carbocycles. The van der Waals surface area contributed by atoms with Gasteiger partial charge in [-0.25, -0.2) is 15.1 Å². The number of nitrogens with one attached hydrogen (secondary N) is 3. The van der Waals surface area contributed by atoms with Crippen LogP contribution in [0.4, 0.5) is 19.0 Å². The number of carbonyl (C=O) groups excluding carboxylic acids is 2. The SMILES string of the molecule is COC(=O)[C@](NC(=O)c1ccc(C)cc1)(Nc1cc(C)cc[nH+]1)C(F)(F)F. The van der Waals surface area contributed by atoms with Crippen LogP contribution in [0.25, 0.3) is 0 Å². The number of anilines is 1. The van der Waals surface area contributed by atoms with Crippen LogP contribution in [-0.2, 0) is 9.53 Å². The molecule has 0 aliphatic heterocycles. The minimum atomic E-state index is -5.20. The molecule has 0 aliphatic carbocycles. The van der Waals surface area contributed by atoms with E-state index < -0.39 is 23.7 Å². The molecule has 6 nitrogen and oxygen atoms in total. The number of amides is 1. The maximum absolute atomic E-state index is 13.9. The lowest BCUT2D eigenvalue weighted by atomic mass is 10.1. The Labute approximate surface area is 153 Å². The monoisotopic (exact) mass is 382 g/mol. The molecule has 2 rings (SSSR count). The van der Waals surface area contributed by atoms with E-state index in [0.717, 1.165) is 12.7 Å².